The highest BCUT2D eigenvalue weighted by Crippen LogP contribution is 2.26. The van der Waals surface area contributed by atoms with Gasteiger partial charge >= 0.3 is 11.9 Å². The number of hydrogen-bond donors (Lipinski definition) is 2. The zero-order valence-electron chi connectivity index (χ0n) is 17.1. The Kier molecular flexibility index (Phi) is 7.42. The summed E-state index contributed by atoms with van der Waals surface area (Å²) in [6.45, 7) is 2.85. The van der Waals surface area contributed by atoms with Gasteiger partial charge in [-0.2, -0.15) is 4.31 Å². The van der Waals surface area contributed by atoms with Crippen LogP contribution in [0.2, 0.25) is 0 Å². The summed E-state index contributed by atoms with van der Waals surface area (Å²) in [5, 5.41) is 14.8. The molecule has 2 aromatic carbocycles. The molecular formula is C22H26N2O6S. The molecule has 2 aliphatic rings. The molecule has 9 heteroatoms. The third-order valence-electron chi connectivity index (χ3n) is 5.59. The molecule has 0 amide bonds. The van der Waals surface area contributed by atoms with Crippen LogP contribution in [0.5, 0.6) is 0 Å². The van der Waals surface area contributed by atoms with E-state index in [-0.39, 0.29) is 5.75 Å². The van der Waals surface area contributed by atoms with Gasteiger partial charge in [0.2, 0.25) is 10.0 Å². The average Bonchev–Trinajstić information content (AvgIpc) is 3.19. The van der Waals surface area contributed by atoms with Crippen molar-refractivity contribution in [2.24, 2.45) is 0 Å². The van der Waals surface area contributed by atoms with Crippen LogP contribution in [0.4, 0.5) is 0 Å². The molecule has 4 rings (SSSR count). The van der Waals surface area contributed by atoms with E-state index in [0.717, 1.165) is 31.5 Å². The summed E-state index contributed by atoms with van der Waals surface area (Å²) in [4.78, 5) is 20.7. The summed E-state index contributed by atoms with van der Waals surface area (Å²) in [5.41, 5.74) is 3.76. The van der Waals surface area contributed by atoms with Crippen molar-refractivity contribution < 1.29 is 28.2 Å². The van der Waals surface area contributed by atoms with Crippen molar-refractivity contribution in [3.8, 4) is 0 Å². The summed E-state index contributed by atoms with van der Waals surface area (Å²) < 4.78 is 27.0. The molecule has 1 aliphatic heterocycles. The largest absolute Gasteiger partial charge is 0.473 e. The highest BCUT2D eigenvalue weighted by molar-refractivity contribution is 7.88. The SMILES string of the molecule is O=C(O)C(=O)O.O=S(=O)(Cc1ccccc1)N1CCN(C2Cc3ccccc3C2)CC1. The van der Waals surface area contributed by atoms with Gasteiger partial charge in [0.1, 0.15) is 0 Å². The lowest BCUT2D eigenvalue weighted by molar-refractivity contribution is -0.159. The van der Waals surface area contributed by atoms with E-state index in [1.807, 2.05) is 30.3 Å². The summed E-state index contributed by atoms with van der Waals surface area (Å²) in [5.74, 6) is -3.55. The molecule has 1 saturated heterocycles. The number of carboxylic acids is 2. The minimum Gasteiger partial charge on any atom is -0.473 e. The van der Waals surface area contributed by atoms with Gasteiger partial charge in [-0.25, -0.2) is 18.0 Å². The zero-order chi connectivity index (χ0) is 22.4. The highest BCUT2D eigenvalue weighted by Gasteiger charge is 2.32. The van der Waals surface area contributed by atoms with Crippen LogP contribution in [0.15, 0.2) is 54.6 Å². The molecule has 0 spiro atoms. The van der Waals surface area contributed by atoms with Crippen LogP contribution >= 0.6 is 0 Å². The summed E-state index contributed by atoms with van der Waals surface area (Å²) >= 11 is 0. The van der Waals surface area contributed by atoms with E-state index < -0.39 is 22.0 Å². The van der Waals surface area contributed by atoms with Gasteiger partial charge in [0.25, 0.3) is 0 Å². The van der Waals surface area contributed by atoms with Crippen molar-refractivity contribution >= 4 is 22.0 Å². The average molecular weight is 447 g/mol. The van der Waals surface area contributed by atoms with E-state index in [4.69, 9.17) is 19.8 Å². The van der Waals surface area contributed by atoms with Gasteiger partial charge in [-0.1, -0.05) is 54.6 Å². The molecule has 0 bridgehead atoms. The first-order valence-electron chi connectivity index (χ1n) is 10.0. The monoisotopic (exact) mass is 446 g/mol. The van der Waals surface area contributed by atoms with Crippen molar-refractivity contribution in [2.75, 3.05) is 26.2 Å². The Morgan fingerprint density at radius 2 is 1.29 bits per heavy atom. The van der Waals surface area contributed by atoms with Crippen molar-refractivity contribution in [3.63, 3.8) is 0 Å². The van der Waals surface area contributed by atoms with Crippen LogP contribution in [-0.2, 0) is 38.2 Å². The van der Waals surface area contributed by atoms with Gasteiger partial charge in [-0.3, -0.25) is 4.90 Å². The second-order valence-corrected chi connectivity index (χ2v) is 9.59. The number of carboxylic acid groups (broad SMARTS) is 2. The van der Waals surface area contributed by atoms with E-state index in [9.17, 15) is 8.42 Å². The Bertz CT molecular complexity index is 980. The molecule has 166 valence electrons. The fourth-order valence-corrected chi connectivity index (χ4v) is 5.53. The number of benzene rings is 2. The molecule has 1 heterocycles. The minimum atomic E-state index is -3.23. The molecule has 0 atom stereocenters. The second-order valence-electron chi connectivity index (χ2n) is 7.62. The van der Waals surface area contributed by atoms with E-state index in [2.05, 4.69) is 29.2 Å². The van der Waals surface area contributed by atoms with E-state index >= 15 is 0 Å². The molecule has 8 nitrogen and oxygen atoms in total. The number of rotatable bonds is 4. The number of piperazine rings is 1. The Hall–Kier alpha value is -2.75. The van der Waals surface area contributed by atoms with Crippen LogP contribution in [0.1, 0.15) is 16.7 Å². The molecule has 1 fully saturated rings. The molecule has 0 saturated carbocycles. The van der Waals surface area contributed by atoms with E-state index in [1.165, 1.54) is 11.1 Å². The van der Waals surface area contributed by atoms with Gasteiger partial charge in [-0.05, 0) is 29.5 Å². The Morgan fingerprint density at radius 3 is 1.77 bits per heavy atom. The molecule has 0 aromatic heterocycles. The Balaban J connectivity index is 0.000000401. The lowest BCUT2D eigenvalue weighted by Crippen LogP contribution is -2.52. The van der Waals surface area contributed by atoms with Crippen molar-refractivity contribution in [1.82, 2.24) is 9.21 Å². The first kappa shape index (κ1) is 22.9. The van der Waals surface area contributed by atoms with Crippen LogP contribution in [0.3, 0.4) is 0 Å². The van der Waals surface area contributed by atoms with Crippen LogP contribution < -0.4 is 0 Å². The van der Waals surface area contributed by atoms with Crippen molar-refractivity contribution in [1.29, 1.82) is 0 Å². The maximum absolute atomic E-state index is 12.7. The maximum atomic E-state index is 12.7. The van der Waals surface area contributed by atoms with Crippen molar-refractivity contribution in [3.05, 3.63) is 71.3 Å². The smallest absolute Gasteiger partial charge is 0.414 e. The predicted molar refractivity (Wildman–Crippen MR) is 115 cm³/mol. The molecular weight excluding hydrogens is 420 g/mol. The molecule has 1 aliphatic carbocycles. The normalized spacial score (nSPS) is 17.4. The second kappa shape index (κ2) is 10.0. The Labute approximate surface area is 181 Å². The molecule has 2 N–H and O–H groups in total. The molecule has 0 unspecified atom stereocenters. The third-order valence-corrected chi connectivity index (χ3v) is 7.44. The number of nitrogens with zero attached hydrogens (tertiary/aromatic N) is 2. The zero-order valence-corrected chi connectivity index (χ0v) is 17.9. The van der Waals surface area contributed by atoms with Crippen LogP contribution in [-0.4, -0.2) is 72.0 Å². The van der Waals surface area contributed by atoms with Crippen LogP contribution in [0.25, 0.3) is 0 Å². The predicted octanol–water partition coefficient (Wildman–Crippen LogP) is 1.46. The van der Waals surface area contributed by atoms with Gasteiger partial charge in [0.15, 0.2) is 0 Å². The fraction of sp³-hybridized carbons (Fsp3) is 0.364. The van der Waals surface area contributed by atoms with Gasteiger partial charge in [-0.15, -0.1) is 0 Å². The maximum Gasteiger partial charge on any atom is 0.414 e. The van der Waals surface area contributed by atoms with Gasteiger partial charge in [0.05, 0.1) is 5.75 Å². The van der Waals surface area contributed by atoms with E-state index in [0.29, 0.717) is 19.1 Å². The molecule has 0 radical (unpaired) electrons. The minimum absolute atomic E-state index is 0.0999. The van der Waals surface area contributed by atoms with Crippen molar-refractivity contribution in [2.45, 2.75) is 24.6 Å². The number of aliphatic carboxylic acids is 2. The third kappa shape index (κ3) is 6.13. The fourth-order valence-electron chi connectivity index (χ4n) is 4.02. The number of hydrogen-bond acceptors (Lipinski definition) is 5. The molecule has 31 heavy (non-hydrogen) atoms. The standard InChI is InChI=1S/C20H24N2O2S.C2H2O4/c23-25(24,16-17-6-2-1-3-7-17)22-12-10-21(11-13-22)20-14-18-8-4-5-9-19(18)15-20;3-1(4)2(5)6/h1-9,20H,10-16H2;(H,3,4)(H,5,6). The quantitative estimate of drug-likeness (QED) is 0.683. The highest BCUT2D eigenvalue weighted by atomic mass is 32.2. The molecule has 2 aromatic rings. The first-order chi connectivity index (χ1) is 14.8. The topological polar surface area (TPSA) is 115 Å². The number of sulfonamides is 1. The summed E-state index contributed by atoms with van der Waals surface area (Å²) in [6, 6.07) is 18.6. The summed E-state index contributed by atoms with van der Waals surface area (Å²) in [6.07, 6.45) is 2.18. The Morgan fingerprint density at radius 1 is 0.806 bits per heavy atom. The van der Waals surface area contributed by atoms with E-state index in [1.54, 1.807) is 4.31 Å². The van der Waals surface area contributed by atoms with Gasteiger partial charge < -0.3 is 10.2 Å². The van der Waals surface area contributed by atoms with Crippen LogP contribution in [0, 0.1) is 0 Å². The summed E-state index contributed by atoms with van der Waals surface area (Å²) in [7, 11) is -3.23. The lowest BCUT2D eigenvalue weighted by atomic mass is 10.1. The lowest BCUT2D eigenvalue weighted by Gasteiger charge is -2.37. The first-order valence-corrected chi connectivity index (χ1v) is 11.7. The number of fused-ring (bicyclic) bond motifs is 1. The number of carbonyl (C=O) groups is 2. The van der Waals surface area contributed by atoms with Gasteiger partial charge in [0, 0.05) is 32.2 Å².